The van der Waals surface area contributed by atoms with E-state index < -0.39 is 5.91 Å². The zero-order valence-corrected chi connectivity index (χ0v) is 20.6. The van der Waals surface area contributed by atoms with Crippen molar-refractivity contribution in [1.82, 2.24) is 10.2 Å². The summed E-state index contributed by atoms with van der Waals surface area (Å²) in [6.07, 6.45) is 2.25. The van der Waals surface area contributed by atoms with Crippen molar-refractivity contribution in [3.63, 3.8) is 0 Å². The van der Waals surface area contributed by atoms with Crippen LogP contribution in [0.1, 0.15) is 43.8 Å². The molecule has 8 heteroatoms. The highest BCUT2D eigenvalue weighted by atomic mass is 32.1. The first-order valence-corrected chi connectivity index (χ1v) is 11.8. The van der Waals surface area contributed by atoms with E-state index in [0.29, 0.717) is 29.7 Å². The number of rotatable bonds is 9. The Hall–Kier alpha value is -3.70. The number of amides is 1. The molecule has 2 aromatic carbocycles. The van der Waals surface area contributed by atoms with Crippen LogP contribution in [-0.2, 0) is 16.6 Å². The van der Waals surface area contributed by atoms with Gasteiger partial charge in [-0.2, -0.15) is 5.26 Å². The number of benzene rings is 2. The van der Waals surface area contributed by atoms with Crippen LogP contribution < -0.4 is 14.8 Å². The SMILES string of the molecule is CCc1nnc(NC(=O)/C(C#N)=C\c2ccc(OCCOc3ccc(C(C)(C)C)cc3)cc2)s1. The molecule has 0 aliphatic carbocycles. The van der Waals surface area contributed by atoms with Crippen LogP contribution in [0.25, 0.3) is 6.08 Å². The van der Waals surface area contributed by atoms with Crippen molar-refractivity contribution in [1.29, 1.82) is 5.26 Å². The highest BCUT2D eigenvalue weighted by Gasteiger charge is 2.13. The molecule has 1 N–H and O–H groups in total. The van der Waals surface area contributed by atoms with Crippen LogP contribution in [0.4, 0.5) is 5.13 Å². The molecule has 1 amide bonds. The van der Waals surface area contributed by atoms with Crippen molar-refractivity contribution in [3.8, 4) is 17.6 Å². The number of hydrogen-bond acceptors (Lipinski definition) is 7. The Morgan fingerprint density at radius 3 is 2.12 bits per heavy atom. The zero-order valence-electron chi connectivity index (χ0n) is 19.8. The lowest BCUT2D eigenvalue weighted by Crippen LogP contribution is -2.13. The van der Waals surface area contributed by atoms with Crippen molar-refractivity contribution in [2.24, 2.45) is 0 Å². The van der Waals surface area contributed by atoms with E-state index in [2.05, 4.69) is 48.4 Å². The predicted molar refractivity (Wildman–Crippen MR) is 134 cm³/mol. The van der Waals surface area contributed by atoms with Crippen LogP contribution in [0.15, 0.2) is 54.1 Å². The highest BCUT2D eigenvalue weighted by Crippen LogP contribution is 2.24. The molecule has 0 bridgehead atoms. The van der Waals surface area contributed by atoms with Crippen molar-refractivity contribution in [2.45, 2.75) is 39.5 Å². The summed E-state index contributed by atoms with van der Waals surface area (Å²) in [5.41, 5.74) is 2.06. The van der Waals surface area contributed by atoms with Gasteiger partial charge in [-0.25, -0.2) is 0 Å². The summed E-state index contributed by atoms with van der Waals surface area (Å²) in [4.78, 5) is 12.4. The molecule has 0 aliphatic heterocycles. The van der Waals surface area contributed by atoms with Crippen LogP contribution in [0.3, 0.4) is 0 Å². The lowest BCUT2D eigenvalue weighted by atomic mass is 9.87. The molecule has 0 aliphatic rings. The molecule has 0 saturated carbocycles. The van der Waals surface area contributed by atoms with Crippen molar-refractivity contribution in [2.75, 3.05) is 18.5 Å². The number of carbonyl (C=O) groups is 1. The standard InChI is InChI=1S/C26H28N4O3S/c1-5-23-29-30-25(34-23)28-24(31)19(17-27)16-18-6-10-21(11-7-18)32-14-15-33-22-12-8-20(9-13-22)26(2,3)4/h6-13,16H,5,14-15H2,1-4H3,(H,28,30,31)/b19-16-. The third-order valence-corrected chi connectivity index (χ3v) is 5.87. The fourth-order valence-corrected chi connectivity index (χ4v) is 3.63. The zero-order chi connectivity index (χ0) is 24.6. The third kappa shape index (κ3) is 7.15. The number of nitrogens with zero attached hydrogens (tertiary/aromatic N) is 3. The van der Waals surface area contributed by atoms with Crippen LogP contribution in [0.5, 0.6) is 11.5 Å². The number of aromatic nitrogens is 2. The summed E-state index contributed by atoms with van der Waals surface area (Å²) in [5, 5.41) is 21.0. The minimum atomic E-state index is -0.519. The van der Waals surface area contributed by atoms with E-state index in [-0.39, 0.29) is 11.0 Å². The lowest BCUT2D eigenvalue weighted by molar-refractivity contribution is -0.112. The van der Waals surface area contributed by atoms with Gasteiger partial charge in [0, 0.05) is 0 Å². The van der Waals surface area contributed by atoms with E-state index in [0.717, 1.165) is 17.2 Å². The average molecular weight is 477 g/mol. The van der Waals surface area contributed by atoms with Gasteiger partial charge < -0.3 is 9.47 Å². The van der Waals surface area contributed by atoms with Crippen molar-refractivity contribution in [3.05, 3.63) is 70.2 Å². The summed E-state index contributed by atoms with van der Waals surface area (Å²) in [7, 11) is 0. The van der Waals surface area contributed by atoms with E-state index in [9.17, 15) is 10.1 Å². The van der Waals surface area contributed by atoms with E-state index in [1.54, 1.807) is 24.3 Å². The number of hydrogen-bond donors (Lipinski definition) is 1. The number of nitrogens with one attached hydrogen (secondary N) is 1. The van der Waals surface area contributed by atoms with Crippen molar-refractivity contribution < 1.29 is 14.3 Å². The molecule has 0 radical (unpaired) electrons. The van der Waals surface area contributed by atoms with E-state index in [1.165, 1.54) is 23.0 Å². The molecule has 0 spiro atoms. The molecule has 1 aromatic heterocycles. The van der Waals surface area contributed by atoms with Gasteiger partial charge >= 0.3 is 0 Å². The molecular weight excluding hydrogens is 448 g/mol. The molecule has 0 unspecified atom stereocenters. The van der Waals surface area contributed by atoms with Crippen LogP contribution in [0, 0.1) is 11.3 Å². The minimum Gasteiger partial charge on any atom is -0.490 e. The third-order valence-electron chi connectivity index (χ3n) is 4.89. The molecule has 0 atom stereocenters. The lowest BCUT2D eigenvalue weighted by Gasteiger charge is -2.19. The van der Waals surface area contributed by atoms with Gasteiger partial charge in [0.05, 0.1) is 0 Å². The molecule has 34 heavy (non-hydrogen) atoms. The maximum absolute atomic E-state index is 12.4. The largest absolute Gasteiger partial charge is 0.490 e. The summed E-state index contributed by atoms with van der Waals surface area (Å²) >= 11 is 1.29. The second-order valence-corrected chi connectivity index (χ2v) is 9.58. The van der Waals surface area contributed by atoms with Crippen LogP contribution in [0.2, 0.25) is 0 Å². The minimum absolute atomic E-state index is 0.0206. The first-order valence-electron chi connectivity index (χ1n) is 11.0. The summed E-state index contributed by atoms with van der Waals surface area (Å²) in [6, 6.07) is 17.2. The monoisotopic (exact) mass is 476 g/mol. The van der Waals surface area contributed by atoms with Gasteiger partial charge in [-0.05, 0) is 53.3 Å². The van der Waals surface area contributed by atoms with E-state index in [4.69, 9.17) is 9.47 Å². The molecular formula is C26H28N4O3S. The Bertz CT molecular complexity index is 1170. The first kappa shape index (κ1) is 24.9. The Kier molecular flexibility index (Phi) is 8.39. The molecule has 176 valence electrons. The van der Waals surface area contributed by atoms with Gasteiger partial charge in [-0.3, -0.25) is 10.1 Å². The quantitative estimate of drug-likeness (QED) is 0.252. The number of carbonyl (C=O) groups excluding carboxylic acids is 1. The van der Waals surface area contributed by atoms with Crippen LogP contribution >= 0.6 is 11.3 Å². The highest BCUT2D eigenvalue weighted by molar-refractivity contribution is 7.15. The number of ether oxygens (including phenoxy) is 2. The number of nitriles is 1. The second kappa shape index (κ2) is 11.4. The van der Waals surface area contributed by atoms with E-state index >= 15 is 0 Å². The molecule has 1 heterocycles. The normalized spacial score (nSPS) is 11.6. The first-order chi connectivity index (χ1) is 16.3. The van der Waals surface area contributed by atoms with Gasteiger partial charge in [0.25, 0.3) is 5.91 Å². The maximum atomic E-state index is 12.4. The van der Waals surface area contributed by atoms with Gasteiger partial charge in [0.15, 0.2) is 0 Å². The molecule has 0 saturated heterocycles. The topological polar surface area (TPSA) is 97.1 Å². The Balaban J connectivity index is 1.49. The maximum Gasteiger partial charge on any atom is 0.268 e. The average Bonchev–Trinajstić information content (AvgIpc) is 3.28. The fourth-order valence-electron chi connectivity index (χ4n) is 2.96. The number of aryl methyl sites for hydroxylation is 1. The Morgan fingerprint density at radius 1 is 1.03 bits per heavy atom. The molecule has 3 aromatic rings. The van der Waals surface area contributed by atoms with Gasteiger partial charge in [-0.1, -0.05) is 63.3 Å². The van der Waals surface area contributed by atoms with Gasteiger partial charge in [0.2, 0.25) is 5.13 Å². The molecule has 7 nitrogen and oxygen atoms in total. The molecule has 3 rings (SSSR count). The summed E-state index contributed by atoms with van der Waals surface area (Å²) in [5.74, 6) is 0.959. The van der Waals surface area contributed by atoms with E-state index in [1.807, 2.05) is 25.1 Å². The number of anilines is 1. The van der Waals surface area contributed by atoms with Gasteiger partial charge in [0.1, 0.15) is 41.4 Å². The van der Waals surface area contributed by atoms with Crippen molar-refractivity contribution >= 4 is 28.5 Å². The summed E-state index contributed by atoms with van der Waals surface area (Å²) in [6.45, 7) is 9.30. The smallest absolute Gasteiger partial charge is 0.268 e. The molecule has 0 fully saturated rings. The predicted octanol–water partition coefficient (Wildman–Crippen LogP) is 5.40. The fraction of sp³-hybridized carbons (Fsp3) is 0.308. The van der Waals surface area contributed by atoms with Crippen LogP contribution in [-0.4, -0.2) is 29.3 Å². The van der Waals surface area contributed by atoms with Gasteiger partial charge in [-0.15, -0.1) is 10.2 Å². The Morgan fingerprint density at radius 2 is 1.62 bits per heavy atom. The Labute approximate surface area is 204 Å². The summed E-state index contributed by atoms with van der Waals surface area (Å²) < 4.78 is 11.5. The second-order valence-electron chi connectivity index (χ2n) is 8.52.